The Bertz CT molecular complexity index is 577. The minimum Gasteiger partial charge on any atom is -0.383 e. The Hall–Kier alpha value is -1.65. The second-order valence-electron chi connectivity index (χ2n) is 7.43. The fraction of sp³-hybridized carbons (Fsp3) is 0.571. The second-order valence-corrected chi connectivity index (χ2v) is 7.43. The SMILES string of the molecule is CC1=CC=CNC1CN(CCCCN)Cc1ncccc1CC(C)C. The third kappa shape index (κ3) is 6.63. The van der Waals surface area contributed by atoms with E-state index in [1.54, 1.807) is 0 Å². The van der Waals surface area contributed by atoms with E-state index in [1.807, 2.05) is 12.4 Å². The fourth-order valence-electron chi connectivity index (χ4n) is 3.24. The molecule has 0 amide bonds. The van der Waals surface area contributed by atoms with E-state index in [4.69, 9.17) is 10.7 Å². The molecular formula is C21H34N4. The van der Waals surface area contributed by atoms with Gasteiger partial charge in [0, 0.05) is 19.3 Å². The highest BCUT2D eigenvalue weighted by Crippen LogP contribution is 2.16. The molecule has 2 rings (SSSR count). The van der Waals surface area contributed by atoms with Gasteiger partial charge < -0.3 is 11.1 Å². The number of dihydropyridines is 1. The molecule has 0 bridgehead atoms. The molecule has 4 heteroatoms. The summed E-state index contributed by atoms with van der Waals surface area (Å²) in [6.07, 6.45) is 11.5. The van der Waals surface area contributed by atoms with Crippen molar-refractivity contribution in [2.24, 2.45) is 11.7 Å². The maximum Gasteiger partial charge on any atom is 0.0595 e. The highest BCUT2D eigenvalue weighted by molar-refractivity contribution is 5.23. The standard InChI is InChI=1S/C21H34N4/c1-17(2)14-19-9-7-12-24-21(19)16-25(13-5-4-10-22)15-20-18(3)8-6-11-23-20/h6-9,11-12,17,20,23H,4-5,10,13-16,22H2,1-3H3. The van der Waals surface area contributed by atoms with Gasteiger partial charge in [0.2, 0.25) is 0 Å². The minimum atomic E-state index is 0.375. The van der Waals surface area contributed by atoms with Gasteiger partial charge in [-0.1, -0.05) is 26.0 Å². The zero-order valence-corrected chi connectivity index (χ0v) is 16.0. The van der Waals surface area contributed by atoms with Gasteiger partial charge in [0.1, 0.15) is 0 Å². The van der Waals surface area contributed by atoms with Crippen LogP contribution in [0.4, 0.5) is 0 Å². The molecule has 0 radical (unpaired) electrons. The van der Waals surface area contributed by atoms with Crippen LogP contribution in [0, 0.1) is 5.92 Å². The Balaban J connectivity index is 2.07. The summed E-state index contributed by atoms with van der Waals surface area (Å²) in [5.74, 6) is 0.643. The molecule has 0 aliphatic carbocycles. The van der Waals surface area contributed by atoms with Crippen molar-refractivity contribution in [2.45, 2.75) is 52.6 Å². The molecule has 0 spiro atoms. The molecule has 0 aromatic carbocycles. The van der Waals surface area contributed by atoms with Crippen molar-refractivity contribution in [3.05, 3.63) is 53.5 Å². The van der Waals surface area contributed by atoms with E-state index in [-0.39, 0.29) is 0 Å². The van der Waals surface area contributed by atoms with Crippen LogP contribution in [0.1, 0.15) is 44.9 Å². The van der Waals surface area contributed by atoms with Gasteiger partial charge in [-0.15, -0.1) is 0 Å². The Morgan fingerprint density at radius 1 is 1.32 bits per heavy atom. The van der Waals surface area contributed by atoms with Crippen molar-refractivity contribution < 1.29 is 0 Å². The molecule has 138 valence electrons. The van der Waals surface area contributed by atoms with E-state index in [0.717, 1.165) is 45.4 Å². The number of nitrogens with one attached hydrogen (secondary N) is 1. The monoisotopic (exact) mass is 342 g/mol. The van der Waals surface area contributed by atoms with Crippen LogP contribution in [0.15, 0.2) is 42.3 Å². The first kappa shape index (κ1) is 19.7. The first-order valence-corrected chi connectivity index (χ1v) is 9.54. The molecule has 0 saturated carbocycles. The molecular weight excluding hydrogens is 308 g/mol. The molecule has 1 aromatic rings. The van der Waals surface area contributed by atoms with Gasteiger partial charge >= 0.3 is 0 Å². The predicted molar refractivity (Wildman–Crippen MR) is 106 cm³/mol. The number of aromatic nitrogens is 1. The predicted octanol–water partition coefficient (Wildman–Crippen LogP) is 3.25. The van der Waals surface area contributed by atoms with Gasteiger partial charge in [-0.3, -0.25) is 9.88 Å². The molecule has 1 aliphatic heterocycles. The van der Waals surface area contributed by atoms with Crippen LogP contribution in [-0.4, -0.2) is 35.6 Å². The third-order valence-electron chi connectivity index (χ3n) is 4.66. The molecule has 2 heterocycles. The van der Waals surface area contributed by atoms with Crippen molar-refractivity contribution in [2.75, 3.05) is 19.6 Å². The zero-order valence-electron chi connectivity index (χ0n) is 16.0. The van der Waals surface area contributed by atoms with Crippen LogP contribution in [0.3, 0.4) is 0 Å². The third-order valence-corrected chi connectivity index (χ3v) is 4.66. The van der Waals surface area contributed by atoms with E-state index >= 15 is 0 Å². The van der Waals surface area contributed by atoms with Crippen molar-refractivity contribution in [1.29, 1.82) is 0 Å². The summed E-state index contributed by atoms with van der Waals surface area (Å²) in [4.78, 5) is 7.22. The van der Waals surface area contributed by atoms with E-state index in [1.165, 1.54) is 16.8 Å². The molecule has 1 aliphatic rings. The number of nitrogens with zero attached hydrogens (tertiary/aromatic N) is 2. The maximum absolute atomic E-state index is 5.69. The van der Waals surface area contributed by atoms with Gasteiger partial charge in [0.25, 0.3) is 0 Å². The highest BCUT2D eigenvalue weighted by atomic mass is 15.2. The summed E-state index contributed by atoms with van der Waals surface area (Å²) in [7, 11) is 0. The highest BCUT2D eigenvalue weighted by Gasteiger charge is 2.18. The zero-order chi connectivity index (χ0) is 18.1. The summed E-state index contributed by atoms with van der Waals surface area (Å²) in [5.41, 5.74) is 9.67. The number of hydrogen-bond acceptors (Lipinski definition) is 4. The number of unbranched alkanes of at least 4 members (excludes halogenated alkanes) is 1. The first-order valence-electron chi connectivity index (χ1n) is 9.54. The fourth-order valence-corrected chi connectivity index (χ4v) is 3.24. The quantitative estimate of drug-likeness (QED) is 0.641. The van der Waals surface area contributed by atoms with E-state index in [2.05, 4.69) is 55.3 Å². The van der Waals surface area contributed by atoms with Gasteiger partial charge in [-0.05, 0) is 74.7 Å². The summed E-state index contributed by atoms with van der Waals surface area (Å²) in [6, 6.07) is 4.66. The minimum absolute atomic E-state index is 0.375. The van der Waals surface area contributed by atoms with Crippen LogP contribution >= 0.6 is 0 Å². The maximum atomic E-state index is 5.69. The average molecular weight is 343 g/mol. The molecule has 1 unspecified atom stereocenters. The lowest BCUT2D eigenvalue weighted by Crippen LogP contribution is -2.41. The summed E-state index contributed by atoms with van der Waals surface area (Å²) in [6.45, 7) is 10.5. The lowest BCUT2D eigenvalue weighted by Gasteiger charge is -2.30. The molecule has 3 N–H and O–H groups in total. The molecule has 0 saturated heterocycles. The number of pyridine rings is 1. The Morgan fingerprint density at radius 3 is 2.88 bits per heavy atom. The van der Waals surface area contributed by atoms with Crippen LogP contribution in [0.5, 0.6) is 0 Å². The summed E-state index contributed by atoms with van der Waals surface area (Å²) in [5, 5.41) is 3.49. The molecule has 25 heavy (non-hydrogen) atoms. The van der Waals surface area contributed by atoms with Crippen LogP contribution in [0.2, 0.25) is 0 Å². The molecule has 4 nitrogen and oxygen atoms in total. The van der Waals surface area contributed by atoms with Gasteiger partial charge in [-0.2, -0.15) is 0 Å². The van der Waals surface area contributed by atoms with Crippen molar-refractivity contribution in [1.82, 2.24) is 15.2 Å². The second kappa shape index (κ2) is 10.4. The largest absolute Gasteiger partial charge is 0.383 e. The molecule has 0 fully saturated rings. The van der Waals surface area contributed by atoms with E-state index in [0.29, 0.717) is 12.0 Å². The van der Waals surface area contributed by atoms with Gasteiger partial charge in [0.15, 0.2) is 0 Å². The Morgan fingerprint density at radius 2 is 2.16 bits per heavy atom. The smallest absolute Gasteiger partial charge is 0.0595 e. The Kier molecular flexibility index (Phi) is 8.16. The molecule has 1 aromatic heterocycles. The number of hydrogen-bond donors (Lipinski definition) is 2. The summed E-state index contributed by atoms with van der Waals surface area (Å²) >= 11 is 0. The lowest BCUT2D eigenvalue weighted by molar-refractivity contribution is 0.241. The van der Waals surface area contributed by atoms with Crippen molar-refractivity contribution in [3.63, 3.8) is 0 Å². The van der Waals surface area contributed by atoms with Crippen molar-refractivity contribution >= 4 is 0 Å². The number of rotatable bonds is 10. The Labute approximate surface area is 153 Å². The van der Waals surface area contributed by atoms with Gasteiger partial charge in [0.05, 0.1) is 11.7 Å². The van der Waals surface area contributed by atoms with E-state index < -0.39 is 0 Å². The van der Waals surface area contributed by atoms with Crippen LogP contribution in [-0.2, 0) is 13.0 Å². The van der Waals surface area contributed by atoms with Crippen LogP contribution < -0.4 is 11.1 Å². The summed E-state index contributed by atoms with van der Waals surface area (Å²) < 4.78 is 0. The van der Waals surface area contributed by atoms with Crippen molar-refractivity contribution in [3.8, 4) is 0 Å². The normalized spacial score (nSPS) is 17.0. The number of nitrogens with two attached hydrogens (primary N) is 1. The first-order chi connectivity index (χ1) is 12.1. The lowest BCUT2D eigenvalue weighted by atomic mass is 10.0. The molecule has 1 atom stereocenters. The van der Waals surface area contributed by atoms with E-state index in [9.17, 15) is 0 Å². The van der Waals surface area contributed by atoms with Crippen LogP contribution in [0.25, 0.3) is 0 Å². The topological polar surface area (TPSA) is 54.2 Å². The average Bonchev–Trinajstić information content (AvgIpc) is 2.58. The number of allylic oxidation sites excluding steroid dienone is 2. The van der Waals surface area contributed by atoms with Gasteiger partial charge in [-0.25, -0.2) is 0 Å².